The highest BCUT2D eigenvalue weighted by Gasteiger charge is 2.43. The summed E-state index contributed by atoms with van der Waals surface area (Å²) in [6.07, 6.45) is 0. The Morgan fingerprint density at radius 1 is 0.700 bits per heavy atom. The summed E-state index contributed by atoms with van der Waals surface area (Å²) < 4.78 is 70.7. The number of halogens is 2. The maximum atomic E-state index is 14.0. The fraction of sp³-hybridized carbons (Fsp3) is 0.800. The maximum Gasteiger partial charge on any atom is 0.392 e. The Morgan fingerprint density at radius 2 is 0.900 bits per heavy atom. The molecular weight excluding hydrogens is 316 g/mol. The third kappa shape index (κ3) is 5.02. The molecule has 0 saturated heterocycles. The Balaban J connectivity index is 5.68. The molecule has 0 aromatic heterocycles. The van der Waals surface area contributed by atoms with Crippen LogP contribution in [0.25, 0.3) is 0 Å². The molecule has 0 rings (SSSR count). The molecule has 0 heterocycles. The van der Waals surface area contributed by atoms with Gasteiger partial charge in [-0.2, -0.15) is 8.78 Å². The fourth-order valence-electron chi connectivity index (χ4n) is 1.21. The van der Waals surface area contributed by atoms with E-state index in [1.54, 1.807) is 0 Å². The summed E-state index contributed by atoms with van der Waals surface area (Å²) in [5, 5.41) is 0. The molecule has 0 aliphatic rings. The van der Waals surface area contributed by atoms with Gasteiger partial charge in [-0.3, -0.25) is 9.13 Å². The highest BCUT2D eigenvalue weighted by atomic mass is 31.2. The van der Waals surface area contributed by atoms with E-state index in [9.17, 15) is 17.9 Å². The van der Waals surface area contributed by atoms with Gasteiger partial charge in [0.25, 0.3) is 11.1 Å². The predicted octanol–water partition coefficient (Wildman–Crippen LogP) is 4.58. The minimum atomic E-state index is -4.50. The summed E-state index contributed by atoms with van der Waals surface area (Å²) in [4.78, 5) is 0. The summed E-state index contributed by atoms with van der Waals surface area (Å²) in [6, 6.07) is 0. The van der Waals surface area contributed by atoms with Crippen LogP contribution in [0.15, 0.2) is 11.1 Å². The smallest absolute Gasteiger partial charge is 0.304 e. The average Bonchev–Trinajstić information content (AvgIpc) is 2.38. The summed E-state index contributed by atoms with van der Waals surface area (Å²) in [7, 11) is -9.01. The highest BCUT2D eigenvalue weighted by molar-refractivity contribution is 7.62. The van der Waals surface area contributed by atoms with Crippen molar-refractivity contribution in [2.45, 2.75) is 27.7 Å². The normalized spacial score (nSPS) is 14.3. The minimum absolute atomic E-state index is 0.175. The first-order chi connectivity index (χ1) is 9.31. The van der Waals surface area contributed by atoms with Crippen LogP contribution in [0, 0.1) is 0 Å². The Kier molecular flexibility index (Phi) is 8.98. The van der Waals surface area contributed by atoms with Gasteiger partial charge in [-0.1, -0.05) is 0 Å². The van der Waals surface area contributed by atoms with E-state index in [4.69, 9.17) is 0 Å². The molecule has 0 aromatic carbocycles. The van der Waals surface area contributed by atoms with E-state index in [-0.39, 0.29) is 26.4 Å². The van der Waals surface area contributed by atoms with Crippen LogP contribution in [0.1, 0.15) is 27.7 Å². The Bertz CT molecular complexity index is 368. The van der Waals surface area contributed by atoms with Crippen LogP contribution >= 0.6 is 15.2 Å². The monoisotopic (exact) mass is 336 g/mol. The molecule has 0 radical (unpaired) electrons. The molecule has 0 saturated carbocycles. The number of hydrogen-bond acceptors (Lipinski definition) is 6. The lowest BCUT2D eigenvalue weighted by molar-refractivity contribution is 0.210. The Hall–Kier alpha value is -0.100. The van der Waals surface area contributed by atoms with Crippen molar-refractivity contribution in [1.82, 2.24) is 0 Å². The van der Waals surface area contributed by atoms with Gasteiger partial charge < -0.3 is 18.1 Å². The number of rotatable bonds is 10. The average molecular weight is 336 g/mol. The molecule has 6 nitrogen and oxygen atoms in total. The first-order valence-corrected chi connectivity index (χ1v) is 9.24. The lowest BCUT2D eigenvalue weighted by Gasteiger charge is -2.19. The van der Waals surface area contributed by atoms with Crippen molar-refractivity contribution in [3.8, 4) is 0 Å². The molecule has 0 aliphatic heterocycles. The second-order valence-electron chi connectivity index (χ2n) is 3.25. The van der Waals surface area contributed by atoms with Crippen molar-refractivity contribution in [2.75, 3.05) is 26.4 Å². The molecule has 0 spiro atoms. The van der Waals surface area contributed by atoms with Crippen LogP contribution in [0.3, 0.4) is 0 Å². The molecule has 0 aliphatic carbocycles. The van der Waals surface area contributed by atoms with Crippen molar-refractivity contribution in [3.05, 3.63) is 11.1 Å². The van der Waals surface area contributed by atoms with Gasteiger partial charge in [0.2, 0.25) is 0 Å². The van der Waals surface area contributed by atoms with Crippen molar-refractivity contribution in [1.29, 1.82) is 0 Å². The summed E-state index contributed by atoms with van der Waals surface area (Å²) in [6.45, 7) is 5.03. The topological polar surface area (TPSA) is 71.1 Å². The molecule has 0 aromatic rings. The molecule has 0 amide bonds. The molecule has 0 atom stereocenters. The lowest BCUT2D eigenvalue weighted by Crippen LogP contribution is -2.01. The Morgan fingerprint density at radius 3 is 1.05 bits per heavy atom. The Labute approximate surface area is 117 Å². The zero-order chi connectivity index (χ0) is 15.8. The zero-order valence-corrected chi connectivity index (χ0v) is 13.7. The van der Waals surface area contributed by atoms with Gasteiger partial charge >= 0.3 is 15.2 Å². The van der Waals surface area contributed by atoms with Crippen molar-refractivity contribution >= 4 is 15.2 Å². The molecule has 0 bridgehead atoms. The van der Waals surface area contributed by atoms with E-state index in [2.05, 4.69) is 18.1 Å². The maximum absolute atomic E-state index is 14.0. The molecule has 10 heteroatoms. The van der Waals surface area contributed by atoms with Gasteiger partial charge in [0, 0.05) is 0 Å². The second kappa shape index (κ2) is 9.03. The van der Waals surface area contributed by atoms with Crippen LogP contribution in [0.4, 0.5) is 8.78 Å². The van der Waals surface area contributed by atoms with E-state index in [0.29, 0.717) is 0 Å². The molecule has 20 heavy (non-hydrogen) atoms. The predicted molar refractivity (Wildman–Crippen MR) is 71.0 cm³/mol. The first-order valence-electron chi connectivity index (χ1n) is 6.15. The van der Waals surface area contributed by atoms with Crippen LogP contribution in [0.5, 0.6) is 0 Å². The SMILES string of the molecule is CCOP(=O)(OCC)/C(F)=C(/F)P(=O)(OCC)OCC. The van der Waals surface area contributed by atoms with Gasteiger partial charge in [0.1, 0.15) is 0 Å². The lowest BCUT2D eigenvalue weighted by atomic mass is 10.9. The summed E-state index contributed by atoms with van der Waals surface area (Å²) >= 11 is 0. The summed E-state index contributed by atoms with van der Waals surface area (Å²) in [5.41, 5.74) is -3.77. The van der Waals surface area contributed by atoms with Crippen LogP contribution < -0.4 is 0 Å². The standard InChI is InChI=1S/C10H20F2O6P2/c1-5-15-19(13,16-6-2)9(11)10(12)20(14,17-7-3)18-8-4/h5-8H2,1-4H3/b10-9-. The highest BCUT2D eigenvalue weighted by Crippen LogP contribution is 2.66. The van der Waals surface area contributed by atoms with E-state index in [1.807, 2.05) is 0 Å². The van der Waals surface area contributed by atoms with E-state index in [0.717, 1.165) is 0 Å². The molecule has 120 valence electrons. The van der Waals surface area contributed by atoms with Crippen LogP contribution in [-0.4, -0.2) is 26.4 Å². The third-order valence-electron chi connectivity index (χ3n) is 1.85. The van der Waals surface area contributed by atoms with Crippen molar-refractivity contribution in [3.63, 3.8) is 0 Å². The van der Waals surface area contributed by atoms with Crippen LogP contribution in [0.2, 0.25) is 0 Å². The van der Waals surface area contributed by atoms with Gasteiger partial charge in [-0.15, -0.1) is 0 Å². The van der Waals surface area contributed by atoms with Crippen molar-refractivity contribution < 1.29 is 36.0 Å². The van der Waals surface area contributed by atoms with E-state index < -0.39 is 26.3 Å². The second-order valence-corrected chi connectivity index (χ2v) is 7.06. The van der Waals surface area contributed by atoms with Gasteiger partial charge in [0.05, 0.1) is 26.4 Å². The number of hydrogen-bond donors (Lipinski definition) is 0. The zero-order valence-electron chi connectivity index (χ0n) is 11.9. The van der Waals surface area contributed by atoms with Crippen molar-refractivity contribution in [2.24, 2.45) is 0 Å². The molecule has 0 N–H and O–H groups in total. The van der Waals surface area contributed by atoms with Gasteiger partial charge in [-0.05, 0) is 27.7 Å². The first kappa shape index (κ1) is 19.9. The molecule has 0 fully saturated rings. The fourth-order valence-corrected chi connectivity index (χ4v) is 4.36. The summed E-state index contributed by atoms with van der Waals surface area (Å²) in [5.74, 6) is 0. The van der Waals surface area contributed by atoms with E-state index >= 15 is 0 Å². The third-order valence-corrected chi connectivity index (χ3v) is 5.77. The van der Waals surface area contributed by atoms with E-state index in [1.165, 1.54) is 27.7 Å². The van der Waals surface area contributed by atoms with Gasteiger partial charge in [0.15, 0.2) is 0 Å². The quantitative estimate of drug-likeness (QED) is 0.544. The van der Waals surface area contributed by atoms with Crippen LogP contribution in [-0.2, 0) is 27.2 Å². The minimum Gasteiger partial charge on any atom is -0.304 e. The van der Waals surface area contributed by atoms with Gasteiger partial charge in [-0.25, -0.2) is 0 Å². The molecule has 0 unspecified atom stereocenters. The molecular formula is C10H20F2O6P2. The largest absolute Gasteiger partial charge is 0.392 e.